The Labute approximate surface area is 209 Å². The minimum absolute atomic E-state index is 0.00941. The van der Waals surface area contributed by atoms with E-state index in [1.54, 1.807) is 45.4 Å². The third kappa shape index (κ3) is 6.54. The van der Waals surface area contributed by atoms with Gasteiger partial charge < -0.3 is 9.80 Å². The fourth-order valence-electron chi connectivity index (χ4n) is 4.60. The van der Waals surface area contributed by atoms with Crippen LogP contribution < -0.4 is 0 Å². The first-order valence-corrected chi connectivity index (χ1v) is 12.9. The summed E-state index contributed by atoms with van der Waals surface area (Å²) in [4.78, 5) is 32.6. The van der Waals surface area contributed by atoms with Crippen molar-refractivity contribution in [2.24, 2.45) is 0 Å². The Bertz CT molecular complexity index is 1160. The van der Waals surface area contributed by atoms with Gasteiger partial charge in [0.05, 0.1) is 12.1 Å². The van der Waals surface area contributed by atoms with Crippen molar-refractivity contribution in [2.75, 3.05) is 6.54 Å². The van der Waals surface area contributed by atoms with Gasteiger partial charge in [-0.2, -0.15) is 0 Å². The Morgan fingerprint density at radius 3 is 2.29 bits per heavy atom. The van der Waals surface area contributed by atoms with Gasteiger partial charge in [0.2, 0.25) is 5.91 Å². The monoisotopic (exact) mass is 496 g/mol. The molecule has 4 rings (SSSR count). The van der Waals surface area contributed by atoms with E-state index in [1.165, 1.54) is 24.3 Å². The summed E-state index contributed by atoms with van der Waals surface area (Å²) >= 11 is 1.61. The number of hydrogen-bond donors (Lipinski definition) is 0. The van der Waals surface area contributed by atoms with Crippen LogP contribution >= 0.6 is 11.3 Å². The molecule has 0 atom stereocenters. The average Bonchev–Trinajstić information content (AvgIpc) is 3.28. The van der Waals surface area contributed by atoms with Crippen molar-refractivity contribution < 1.29 is 18.4 Å². The quantitative estimate of drug-likeness (QED) is 0.365. The molecule has 1 aromatic heterocycles. The zero-order chi connectivity index (χ0) is 24.8. The zero-order valence-corrected chi connectivity index (χ0v) is 20.7. The number of aryl methyl sites for hydroxylation is 1. The van der Waals surface area contributed by atoms with Gasteiger partial charge in [-0.15, -0.1) is 11.3 Å². The fourth-order valence-corrected chi connectivity index (χ4v) is 5.50. The Hall–Kier alpha value is -3.06. The predicted molar refractivity (Wildman–Crippen MR) is 134 cm³/mol. The van der Waals surface area contributed by atoms with E-state index in [4.69, 9.17) is 0 Å². The molecule has 7 heteroatoms. The summed E-state index contributed by atoms with van der Waals surface area (Å²) in [6.45, 7) is 2.57. The molecular formula is C28H30F2N2O2S. The highest BCUT2D eigenvalue weighted by Crippen LogP contribution is 2.26. The normalized spacial score (nSPS) is 14.0. The van der Waals surface area contributed by atoms with Crippen LogP contribution in [0.25, 0.3) is 0 Å². The molecule has 0 N–H and O–H groups in total. The van der Waals surface area contributed by atoms with Crippen LogP contribution in [0.3, 0.4) is 0 Å². The van der Waals surface area contributed by atoms with Crippen molar-refractivity contribution in [3.8, 4) is 0 Å². The summed E-state index contributed by atoms with van der Waals surface area (Å²) in [5, 5.41) is 0. The van der Waals surface area contributed by atoms with Crippen LogP contribution in [-0.2, 0) is 17.9 Å². The second-order valence-corrected chi connectivity index (χ2v) is 10.5. The summed E-state index contributed by atoms with van der Waals surface area (Å²) in [6, 6.07) is 15.9. The van der Waals surface area contributed by atoms with Crippen molar-refractivity contribution in [1.82, 2.24) is 9.80 Å². The molecule has 184 valence electrons. The molecule has 0 saturated heterocycles. The molecule has 1 saturated carbocycles. The first kappa shape index (κ1) is 25.0. The van der Waals surface area contributed by atoms with E-state index in [0.29, 0.717) is 13.1 Å². The van der Waals surface area contributed by atoms with E-state index < -0.39 is 11.7 Å². The van der Waals surface area contributed by atoms with Gasteiger partial charge in [-0.3, -0.25) is 9.59 Å². The highest BCUT2D eigenvalue weighted by molar-refractivity contribution is 7.11. The van der Waals surface area contributed by atoms with E-state index in [2.05, 4.69) is 0 Å². The number of amides is 2. The lowest BCUT2D eigenvalue weighted by Gasteiger charge is -2.35. The average molecular weight is 497 g/mol. The predicted octanol–water partition coefficient (Wildman–Crippen LogP) is 6.34. The van der Waals surface area contributed by atoms with Crippen molar-refractivity contribution in [3.63, 3.8) is 0 Å². The number of carbonyl (C=O) groups is 2. The lowest BCUT2D eigenvalue weighted by atomic mass is 9.93. The number of thiophene rings is 1. The van der Waals surface area contributed by atoms with Crippen molar-refractivity contribution in [1.29, 1.82) is 0 Å². The van der Waals surface area contributed by atoms with Crippen molar-refractivity contribution >= 4 is 23.2 Å². The number of hydrogen-bond acceptors (Lipinski definition) is 3. The van der Waals surface area contributed by atoms with E-state index in [0.717, 1.165) is 47.4 Å². The first-order valence-electron chi connectivity index (χ1n) is 12.0. The molecule has 1 fully saturated rings. The van der Waals surface area contributed by atoms with Gasteiger partial charge in [0.15, 0.2) is 0 Å². The molecule has 4 nitrogen and oxygen atoms in total. The van der Waals surface area contributed by atoms with Crippen LogP contribution in [0.1, 0.15) is 57.8 Å². The smallest absolute Gasteiger partial charge is 0.257 e. The lowest BCUT2D eigenvalue weighted by Crippen LogP contribution is -2.48. The van der Waals surface area contributed by atoms with E-state index in [9.17, 15) is 18.4 Å². The fraction of sp³-hybridized carbons (Fsp3) is 0.357. The summed E-state index contributed by atoms with van der Waals surface area (Å²) < 4.78 is 27.9. The Morgan fingerprint density at radius 1 is 0.914 bits per heavy atom. The van der Waals surface area contributed by atoms with Gasteiger partial charge in [0.25, 0.3) is 5.91 Å². The van der Waals surface area contributed by atoms with Crippen molar-refractivity contribution in [2.45, 2.75) is 58.2 Å². The molecule has 0 radical (unpaired) electrons. The van der Waals surface area contributed by atoms with Gasteiger partial charge in [-0.1, -0.05) is 43.5 Å². The van der Waals surface area contributed by atoms with Gasteiger partial charge in [-0.05, 0) is 61.7 Å². The Balaban J connectivity index is 1.59. The highest BCUT2D eigenvalue weighted by Gasteiger charge is 2.31. The maximum absolute atomic E-state index is 14.5. The molecule has 2 amide bonds. The highest BCUT2D eigenvalue weighted by atomic mass is 32.1. The van der Waals surface area contributed by atoms with E-state index in [-0.39, 0.29) is 29.9 Å². The Kier molecular flexibility index (Phi) is 8.29. The lowest BCUT2D eigenvalue weighted by molar-refractivity contribution is -0.133. The first-order chi connectivity index (χ1) is 16.9. The van der Waals surface area contributed by atoms with Gasteiger partial charge >= 0.3 is 0 Å². The van der Waals surface area contributed by atoms with Crippen LogP contribution in [-0.4, -0.2) is 34.2 Å². The maximum Gasteiger partial charge on any atom is 0.257 e. The SMILES string of the molecule is Cc1ccc(CN(Cc2ccc(F)cc2)C(=O)CN(C(=O)c2ccccc2F)C2CCCCC2)s1. The molecule has 2 aromatic carbocycles. The van der Waals surface area contributed by atoms with Gasteiger partial charge in [-0.25, -0.2) is 8.78 Å². The number of halogens is 2. The van der Waals surface area contributed by atoms with E-state index in [1.807, 2.05) is 19.1 Å². The van der Waals surface area contributed by atoms with Crippen molar-refractivity contribution in [3.05, 3.63) is 93.2 Å². The molecule has 0 bridgehead atoms. The van der Waals surface area contributed by atoms with Crippen LogP contribution in [0.15, 0.2) is 60.7 Å². The number of carbonyl (C=O) groups excluding carboxylic acids is 2. The summed E-state index contributed by atoms with van der Waals surface area (Å²) in [5.74, 6) is -1.57. The third-order valence-electron chi connectivity index (χ3n) is 6.47. The number of benzene rings is 2. The molecule has 0 spiro atoms. The van der Waals surface area contributed by atoms with Crippen LogP contribution in [0.5, 0.6) is 0 Å². The molecule has 35 heavy (non-hydrogen) atoms. The molecule has 1 heterocycles. The third-order valence-corrected chi connectivity index (χ3v) is 7.45. The standard InChI is InChI=1S/C28H30F2N2O2S/c1-20-11-16-24(35-20)18-31(17-21-12-14-22(29)15-13-21)27(33)19-32(23-7-3-2-4-8-23)28(34)25-9-5-6-10-26(25)30/h5-6,9-16,23H,2-4,7-8,17-19H2,1H3. The Morgan fingerprint density at radius 2 is 1.63 bits per heavy atom. The molecular weight excluding hydrogens is 466 g/mol. The minimum Gasteiger partial charge on any atom is -0.332 e. The molecule has 0 aliphatic heterocycles. The maximum atomic E-state index is 14.5. The van der Waals surface area contributed by atoms with Crippen LogP contribution in [0.4, 0.5) is 8.78 Å². The largest absolute Gasteiger partial charge is 0.332 e. The molecule has 3 aromatic rings. The number of nitrogens with zero attached hydrogens (tertiary/aromatic N) is 2. The molecule has 1 aliphatic rings. The second kappa shape index (κ2) is 11.6. The van der Waals surface area contributed by atoms with Gasteiger partial charge in [0, 0.05) is 22.3 Å². The molecule has 1 aliphatic carbocycles. The minimum atomic E-state index is -0.581. The zero-order valence-electron chi connectivity index (χ0n) is 19.9. The molecule has 0 unspecified atom stereocenters. The van der Waals surface area contributed by atoms with Crippen LogP contribution in [0, 0.1) is 18.6 Å². The second-order valence-electron chi connectivity index (χ2n) is 9.09. The van der Waals surface area contributed by atoms with E-state index >= 15 is 0 Å². The summed E-state index contributed by atoms with van der Waals surface area (Å²) in [7, 11) is 0. The summed E-state index contributed by atoms with van der Waals surface area (Å²) in [5.41, 5.74) is 0.794. The van der Waals surface area contributed by atoms with Crippen LogP contribution in [0.2, 0.25) is 0 Å². The van der Waals surface area contributed by atoms with Gasteiger partial charge in [0.1, 0.15) is 18.2 Å². The summed E-state index contributed by atoms with van der Waals surface area (Å²) in [6.07, 6.45) is 4.66. The topological polar surface area (TPSA) is 40.6 Å². The number of rotatable bonds is 8.